The van der Waals surface area contributed by atoms with Crippen LogP contribution < -0.4 is 0 Å². The monoisotopic (exact) mass is 256 g/mol. The third kappa shape index (κ3) is 3.46. The van der Waals surface area contributed by atoms with Gasteiger partial charge in [-0.15, -0.1) is 0 Å². The Morgan fingerprint density at radius 3 is 2.22 bits per heavy atom. The lowest BCUT2D eigenvalue weighted by Gasteiger charge is -2.39. The second kappa shape index (κ2) is 6.88. The summed E-state index contributed by atoms with van der Waals surface area (Å²) in [5, 5.41) is 9.16. The Hall–Kier alpha value is -0.110. The molecule has 0 aromatic heterocycles. The minimum atomic E-state index is -0.550. The predicted molar refractivity (Wildman–Crippen MR) is 73.2 cm³/mol. The molecule has 0 aromatic carbocycles. The van der Waals surface area contributed by atoms with Crippen molar-refractivity contribution >= 4 is 0 Å². The molecule has 2 rings (SSSR count). The van der Waals surface area contributed by atoms with E-state index in [9.17, 15) is 4.39 Å². The average Bonchev–Trinajstić information content (AvgIpc) is 2.40. The molecule has 2 aliphatic rings. The van der Waals surface area contributed by atoms with Gasteiger partial charge in [0.05, 0.1) is 0 Å². The van der Waals surface area contributed by atoms with Gasteiger partial charge in [0.2, 0.25) is 0 Å². The zero-order chi connectivity index (χ0) is 13.0. The highest BCUT2D eigenvalue weighted by Gasteiger charge is 2.36. The maximum Gasteiger partial charge on any atom is 0.103 e. The van der Waals surface area contributed by atoms with Gasteiger partial charge in [-0.2, -0.15) is 0 Å². The SMILES string of the molecule is CCCC1CCC(C2CCC(CO)CC2)C(F)C1. The van der Waals surface area contributed by atoms with Crippen LogP contribution in [0.25, 0.3) is 0 Å². The molecular formula is C16H29FO. The molecule has 2 saturated carbocycles. The molecule has 0 spiro atoms. The molecule has 18 heavy (non-hydrogen) atoms. The van der Waals surface area contributed by atoms with Crippen LogP contribution in [-0.4, -0.2) is 17.9 Å². The van der Waals surface area contributed by atoms with Crippen molar-refractivity contribution < 1.29 is 9.50 Å². The van der Waals surface area contributed by atoms with Crippen molar-refractivity contribution in [1.82, 2.24) is 0 Å². The molecule has 2 aliphatic carbocycles. The van der Waals surface area contributed by atoms with E-state index < -0.39 is 6.17 Å². The third-order valence-corrected chi connectivity index (χ3v) is 5.38. The van der Waals surface area contributed by atoms with Crippen molar-refractivity contribution in [3.63, 3.8) is 0 Å². The summed E-state index contributed by atoms with van der Waals surface area (Å²) in [5.41, 5.74) is 0. The molecule has 2 heteroatoms. The van der Waals surface area contributed by atoms with Gasteiger partial charge >= 0.3 is 0 Å². The number of alkyl halides is 1. The predicted octanol–water partition coefficient (Wildman–Crippen LogP) is 4.34. The van der Waals surface area contributed by atoms with Gasteiger partial charge in [-0.1, -0.05) is 19.8 Å². The van der Waals surface area contributed by atoms with Gasteiger partial charge < -0.3 is 5.11 Å². The quantitative estimate of drug-likeness (QED) is 0.793. The van der Waals surface area contributed by atoms with E-state index in [2.05, 4.69) is 6.92 Å². The van der Waals surface area contributed by atoms with E-state index in [1.54, 1.807) is 0 Å². The number of aliphatic hydroxyl groups is 1. The van der Waals surface area contributed by atoms with Gasteiger partial charge in [-0.05, 0) is 68.6 Å². The lowest BCUT2D eigenvalue weighted by atomic mass is 9.68. The van der Waals surface area contributed by atoms with E-state index in [1.807, 2.05) is 0 Å². The third-order valence-electron chi connectivity index (χ3n) is 5.38. The first-order chi connectivity index (χ1) is 8.74. The smallest absolute Gasteiger partial charge is 0.103 e. The maximum atomic E-state index is 14.3. The fourth-order valence-corrected chi connectivity index (χ4v) is 4.22. The van der Waals surface area contributed by atoms with Gasteiger partial charge in [0.1, 0.15) is 6.17 Å². The summed E-state index contributed by atoms with van der Waals surface area (Å²) >= 11 is 0. The van der Waals surface area contributed by atoms with Crippen LogP contribution in [0, 0.1) is 23.7 Å². The van der Waals surface area contributed by atoms with Crippen molar-refractivity contribution in [3.8, 4) is 0 Å². The van der Waals surface area contributed by atoms with Gasteiger partial charge in [0.25, 0.3) is 0 Å². The Morgan fingerprint density at radius 1 is 1.00 bits per heavy atom. The molecule has 0 aromatic rings. The summed E-state index contributed by atoms with van der Waals surface area (Å²) in [4.78, 5) is 0. The number of hydrogen-bond donors (Lipinski definition) is 1. The lowest BCUT2D eigenvalue weighted by Crippen LogP contribution is -2.34. The van der Waals surface area contributed by atoms with E-state index in [-0.39, 0.29) is 0 Å². The molecule has 0 aliphatic heterocycles. The second-order valence-electron chi connectivity index (χ2n) is 6.61. The van der Waals surface area contributed by atoms with Crippen LogP contribution in [0.5, 0.6) is 0 Å². The fourth-order valence-electron chi connectivity index (χ4n) is 4.22. The van der Waals surface area contributed by atoms with Crippen LogP contribution in [0.4, 0.5) is 4.39 Å². The molecule has 0 bridgehead atoms. The largest absolute Gasteiger partial charge is 0.396 e. The van der Waals surface area contributed by atoms with Crippen molar-refractivity contribution in [2.75, 3.05) is 6.61 Å². The van der Waals surface area contributed by atoms with Crippen LogP contribution in [0.2, 0.25) is 0 Å². The number of halogens is 1. The molecule has 0 radical (unpaired) electrons. The number of aliphatic hydroxyl groups excluding tert-OH is 1. The summed E-state index contributed by atoms with van der Waals surface area (Å²) in [7, 11) is 0. The van der Waals surface area contributed by atoms with E-state index in [0.29, 0.717) is 30.3 Å². The molecule has 0 amide bonds. The van der Waals surface area contributed by atoms with Gasteiger partial charge in [-0.25, -0.2) is 4.39 Å². The zero-order valence-electron chi connectivity index (χ0n) is 11.8. The topological polar surface area (TPSA) is 20.2 Å². The first-order valence-corrected chi connectivity index (χ1v) is 7.99. The molecule has 0 saturated heterocycles. The standard InChI is InChI=1S/C16H29FO/c1-2-3-12-6-9-15(16(17)10-12)14-7-4-13(11-18)5-8-14/h12-16,18H,2-11H2,1H3. The molecule has 2 fully saturated rings. The minimum absolute atomic E-state index is 0.328. The Kier molecular flexibility index (Phi) is 5.47. The van der Waals surface area contributed by atoms with Crippen molar-refractivity contribution in [3.05, 3.63) is 0 Å². The Labute approximate surface area is 111 Å². The van der Waals surface area contributed by atoms with Crippen molar-refractivity contribution in [2.24, 2.45) is 23.7 Å². The summed E-state index contributed by atoms with van der Waals surface area (Å²) in [6, 6.07) is 0. The highest BCUT2D eigenvalue weighted by Crippen LogP contribution is 2.43. The molecule has 3 atom stereocenters. The van der Waals surface area contributed by atoms with Gasteiger partial charge in [0, 0.05) is 6.61 Å². The number of hydrogen-bond acceptors (Lipinski definition) is 1. The van der Waals surface area contributed by atoms with E-state index >= 15 is 0 Å². The average molecular weight is 256 g/mol. The first kappa shape index (κ1) is 14.3. The summed E-state index contributed by atoms with van der Waals surface area (Å²) in [6.45, 7) is 2.53. The number of rotatable bonds is 4. The van der Waals surface area contributed by atoms with Crippen LogP contribution in [0.3, 0.4) is 0 Å². The Bertz CT molecular complexity index is 235. The molecule has 1 N–H and O–H groups in total. The highest BCUT2D eigenvalue weighted by atomic mass is 19.1. The first-order valence-electron chi connectivity index (χ1n) is 7.99. The van der Waals surface area contributed by atoms with Gasteiger partial charge in [-0.3, -0.25) is 0 Å². The highest BCUT2D eigenvalue weighted by molar-refractivity contribution is 4.86. The Morgan fingerprint density at radius 2 is 1.67 bits per heavy atom. The normalized spacial score (nSPS) is 41.8. The van der Waals surface area contributed by atoms with E-state index in [1.165, 1.54) is 19.3 Å². The van der Waals surface area contributed by atoms with E-state index in [4.69, 9.17) is 5.11 Å². The van der Waals surface area contributed by atoms with Crippen LogP contribution in [0.1, 0.15) is 64.7 Å². The summed E-state index contributed by atoms with van der Waals surface area (Å²) in [5.74, 6) is 2.08. The second-order valence-corrected chi connectivity index (χ2v) is 6.61. The fraction of sp³-hybridized carbons (Fsp3) is 1.00. The summed E-state index contributed by atoms with van der Waals surface area (Å²) in [6.07, 6.45) is 9.56. The zero-order valence-corrected chi connectivity index (χ0v) is 11.8. The molecule has 106 valence electrons. The Balaban J connectivity index is 1.80. The van der Waals surface area contributed by atoms with Crippen LogP contribution in [-0.2, 0) is 0 Å². The molecule has 0 heterocycles. The molecule has 1 nitrogen and oxygen atoms in total. The van der Waals surface area contributed by atoms with E-state index in [0.717, 1.165) is 38.5 Å². The summed E-state index contributed by atoms with van der Waals surface area (Å²) < 4.78 is 14.3. The van der Waals surface area contributed by atoms with Gasteiger partial charge in [0.15, 0.2) is 0 Å². The van der Waals surface area contributed by atoms with Crippen LogP contribution in [0.15, 0.2) is 0 Å². The van der Waals surface area contributed by atoms with Crippen molar-refractivity contribution in [2.45, 2.75) is 70.9 Å². The van der Waals surface area contributed by atoms with Crippen LogP contribution >= 0.6 is 0 Å². The maximum absolute atomic E-state index is 14.3. The molecular weight excluding hydrogens is 227 g/mol. The molecule has 3 unspecified atom stereocenters. The lowest BCUT2D eigenvalue weighted by molar-refractivity contribution is 0.0499. The van der Waals surface area contributed by atoms with Crippen molar-refractivity contribution in [1.29, 1.82) is 0 Å². The minimum Gasteiger partial charge on any atom is -0.396 e.